The number of amides is 2. The summed E-state index contributed by atoms with van der Waals surface area (Å²) < 4.78 is 0. The summed E-state index contributed by atoms with van der Waals surface area (Å²) in [6, 6.07) is 0.303. The normalized spacial score (nSPS) is 25.7. The lowest BCUT2D eigenvalue weighted by molar-refractivity contribution is -0.144. The Hall–Kier alpha value is -1.32. The molecule has 1 saturated heterocycles. The fourth-order valence-electron chi connectivity index (χ4n) is 3.98. The number of rotatable bonds is 5. The van der Waals surface area contributed by atoms with Gasteiger partial charge in [-0.05, 0) is 32.1 Å². The van der Waals surface area contributed by atoms with Crippen LogP contribution in [0, 0.1) is 11.8 Å². The standard InChI is InChI=1S/C19H30N2O2/c1-2-3-8-17-9-5-12-21(17)19(23)16-10-13-20(14-11-16)18(22)15-6-4-7-15/h5,9,15-17H,2-4,6-8,10-14H2,1H3/t17-/m0/s1. The van der Waals surface area contributed by atoms with E-state index >= 15 is 0 Å². The first-order valence-corrected chi connectivity index (χ1v) is 9.46. The molecule has 0 aromatic carbocycles. The molecule has 23 heavy (non-hydrogen) atoms. The fraction of sp³-hybridized carbons (Fsp3) is 0.789. The first-order chi connectivity index (χ1) is 11.2. The summed E-state index contributed by atoms with van der Waals surface area (Å²) >= 11 is 0. The molecule has 128 valence electrons. The van der Waals surface area contributed by atoms with Gasteiger partial charge in [0.25, 0.3) is 0 Å². The minimum absolute atomic E-state index is 0.115. The molecular formula is C19H30N2O2. The van der Waals surface area contributed by atoms with Crippen LogP contribution in [0.5, 0.6) is 0 Å². The molecule has 4 nitrogen and oxygen atoms in total. The zero-order chi connectivity index (χ0) is 16.2. The summed E-state index contributed by atoms with van der Waals surface area (Å²) in [6.45, 7) is 4.51. The summed E-state index contributed by atoms with van der Waals surface area (Å²) in [7, 11) is 0. The molecule has 2 fully saturated rings. The van der Waals surface area contributed by atoms with Crippen LogP contribution < -0.4 is 0 Å². The van der Waals surface area contributed by atoms with Gasteiger partial charge >= 0.3 is 0 Å². The molecule has 2 amide bonds. The predicted octanol–water partition coefficient (Wildman–Crippen LogP) is 2.98. The van der Waals surface area contributed by atoms with Crippen molar-refractivity contribution in [1.82, 2.24) is 9.80 Å². The van der Waals surface area contributed by atoms with Crippen molar-refractivity contribution in [3.63, 3.8) is 0 Å². The number of likely N-dealkylation sites (tertiary alicyclic amines) is 1. The zero-order valence-electron chi connectivity index (χ0n) is 14.4. The van der Waals surface area contributed by atoms with Crippen LogP contribution in [0.25, 0.3) is 0 Å². The van der Waals surface area contributed by atoms with E-state index < -0.39 is 0 Å². The van der Waals surface area contributed by atoms with Gasteiger partial charge in [-0.3, -0.25) is 9.59 Å². The minimum Gasteiger partial charge on any atom is -0.342 e. The van der Waals surface area contributed by atoms with Gasteiger partial charge < -0.3 is 9.80 Å². The Morgan fingerprint density at radius 1 is 1.04 bits per heavy atom. The van der Waals surface area contributed by atoms with E-state index in [0.717, 1.165) is 51.7 Å². The molecular weight excluding hydrogens is 288 g/mol. The topological polar surface area (TPSA) is 40.6 Å². The van der Waals surface area contributed by atoms with Gasteiger partial charge in [-0.1, -0.05) is 38.3 Å². The van der Waals surface area contributed by atoms with Crippen molar-refractivity contribution in [3.05, 3.63) is 12.2 Å². The third kappa shape index (κ3) is 3.61. The van der Waals surface area contributed by atoms with Crippen LogP contribution in [0.3, 0.4) is 0 Å². The molecule has 0 unspecified atom stereocenters. The SMILES string of the molecule is CCCC[C@H]1C=CCN1C(=O)C1CCN(C(=O)C2CCC2)CC1. The zero-order valence-corrected chi connectivity index (χ0v) is 14.4. The Morgan fingerprint density at radius 2 is 1.74 bits per heavy atom. The molecule has 2 heterocycles. The molecule has 0 spiro atoms. The van der Waals surface area contributed by atoms with E-state index in [2.05, 4.69) is 24.0 Å². The maximum Gasteiger partial charge on any atom is 0.226 e. The Balaban J connectivity index is 1.49. The van der Waals surface area contributed by atoms with Gasteiger partial charge in [-0.2, -0.15) is 0 Å². The van der Waals surface area contributed by atoms with E-state index in [4.69, 9.17) is 0 Å². The summed E-state index contributed by atoms with van der Waals surface area (Å²) in [5.74, 6) is 1.05. The molecule has 1 saturated carbocycles. The molecule has 1 atom stereocenters. The van der Waals surface area contributed by atoms with Crippen LogP contribution in [-0.2, 0) is 9.59 Å². The van der Waals surface area contributed by atoms with Crippen molar-refractivity contribution in [2.75, 3.05) is 19.6 Å². The van der Waals surface area contributed by atoms with Crippen LogP contribution in [0.15, 0.2) is 12.2 Å². The first-order valence-electron chi connectivity index (χ1n) is 9.46. The Bertz CT molecular complexity index is 462. The largest absolute Gasteiger partial charge is 0.342 e. The van der Waals surface area contributed by atoms with Crippen molar-refractivity contribution in [3.8, 4) is 0 Å². The van der Waals surface area contributed by atoms with E-state index in [1.54, 1.807) is 0 Å². The van der Waals surface area contributed by atoms with Gasteiger partial charge in [-0.15, -0.1) is 0 Å². The molecule has 3 rings (SSSR count). The van der Waals surface area contributed by atoms with E-state index in [9.17, 15) is 9.59 Å². The third-order valence-electron chi connectivity index (χ3n) is 5.81. The van der Waals surface area contributed by atoms with Gasteiger partial charge in [-0.25, -0.2) is 0 Å². The molecule has 0 bridgehead atoms. The Labute approximate surface area is 139 Å². The van der Waals surface area contributed by atoms with Crippen molar-refractivity contribution >= 4 is 11.8 Å². The highest BCUT2D eigenvalue weighted by Gasteiger charge is 2.35. The third-order valence-corrected chi connectivity index (χ3v) is 5.81. The predicted molar refractivity (Wildman–Crippen MR) is 90.8 cm³/mol. The molecule has 0 aromatic rings. The number of nitrogens with zero attached hydrogens (tertiary/aromatic N) is 2. The highest BCUT2D eigenvalue weighted by Crippen LogP contribution is 2.31. The molecule has 2 aliphatic heterocycles. The van der Waals surface area contributed by atoms with Gasteiger partial charge in [0.1, 0.15) is 0 Å². The van der Waals surface area contributed by atoms with E-state index in [-0.39, 0.29) is 11.8 Å². The molecule has 0 radical (unpaired) electrons. The van der Waals surface area contributed by atoms with Crippen molar-refractivity contribution in [1.29, 1.82) is 0 Å². The lowest BCUT2D eigenvalue weighted by Gasteiger charge is -2.37. The second-order valence-corrected chi connectivity index (χ2v) is 7.36. The van der Waals surface area contributed by atoms with E-state index in [1.807, 2.05) is 4.90 Å². The minimum atomic E-state index is 0.115. The number of carbonyl (C=O) groups excluding carboxylic acids is 2. The van der Waals surface area contributed by atoms with Crippen LogP contribution in [0.1, 0.15) is 58.3 Å². The number of hydrogen-bond donors (Lipinski definition) is 0. The quantitative estimate of drug-likeness (QED) is 0.731. The summed E-state index contributed by atoms with van der Waals surface area (Å²) in [4.78, 5) is 29.2. The highest BCUT2D eigenvalue weighted by atomic mass is 16.2. The second kappa shape index (κ2) is 7.50. The van der Waals surface area contributed by atoms with Crippen molar-refractivity contribution in [2.24, 2.45) is 11.8 Å². The second-order valence-electron chi connectivity index (χ2n) is 7.36. The fourth-order valence-corrected chi connectivity index (χ4v) is 3.98. The maximum absolute atomic E-state index is 12.8. The van der Waals surface area contributed by atoms with Crippen LogP contribution in [0.4, 0.5) is 0 Å². The van der Waals surface area contributed by atoms with Crippen LogP contribution in [-0.4, -0.2) is 47.3 Å². The number of carbonyl (C=O) groups is 2. The number of hydrogen-bond acceptors (Lipinski definition) is 2. The van der Waals surface area contributed by atoms with Crippen molar-refractivity contribution < 1.29 is 9.59 Å². The number of unbranched alkanes of at least 4 members (excludes halogenated alkanes) is 1. The highest BCUT2D eigenvalue weighted by molar-refractivity contribution is 5.82. The molecule has 0 N–H and O–H groups in total. The average molecular weight is 318 g/mol. The van der Waals surface area contributed by atoms with Gasteiger partial charge in [0, 0.05) is 31.5 Å². The molecule has 3 aliphatic rings. The molecule has 4 heteroatoms. The van der Waals surface area contributed by atoms with Gasteiger partial charge in [0.2, 0.25) is 11.8 Å². The maximum atomic E-state index is 12.8. The molecule has 1 aliphatic carbocycles. The summed E-state index contributed by atoms with van der Waals surface area (Å²) in [5, 5.41) is 0. The van der Waals surface area contributed by atoms with Gasteiger partial charge in [0.15, 0.2) is 0 Å². The summed E-state index contributed by atoms with van der Waals surface area (Å²) in [5.41, 5.74) is 0. The number of piperidine rings is 1. The van der Waals surface area contributed by atoms with Crippen molar-refractivity contribution in [2.45, 2.75) is 64.3 Å². The van der Waals surface area contributed by atoms with Crippen LogP contribution >= 0.6 is 0 Å². The lowest BCUT2D eigenvalue weighted by atomic mass is 9.83. The Kier molecular flexibility index (Phi) is 5.39. The van der Waals surface area contributed by atoms with Crippen LogP contribution in [0.2, 0.25) is 0 Å². The van der Waals surface area contributed by atoms with E-state index in [0.29, 0.717) is 17.9 Å². The monoisotopic (exact) mass is 318 g/mol. The Morgan fingerprint density at radius 3 is 2.35 bits per heavy atom. The molecule has 0 aromatic heterocycles. The smallest absolute Gasteiger partial charge is 0.226 e. The average Bonchev–Trinajstić information content (AvgIpc) is 2.99. The summed E-state index contributed by atoms with van der Waals surface area (Å²) in [6.07, 6.45) is 12.8. The lowest BCUT2D eigenvalue weighted by Crippen LogP contribution is -2.47. The van der Waals surface area contributed by atoms with Gasteiger partial charge in [0.05, 0.1) is 6.04 Å². The first kappa shape index (κ1) is 16.5. The van der Waals surface area contributed by atoms with E-state index in [1.165, 1.54) is 19.3 Å².